The number of nitrogens with one attached hydrogen (secondary N) is 2. The molecule has 2 rings (SSSR count). The predicted molar refractivity (Wildman–Crippen MR) is 85.0 cm³/mol. The van der Waals surface area contributed by atoms with Crippen molar-refractivity contribution in [2.45, 2.75) is 24.8 Å². The van der Waals surface area contributed by atoms with Gasteiger partial charge >= 0.3 is 5.30 Å². The average molecular weight is 344 g/mol. The van der Waals surface area contributed by atoms with Gasteiger partial charge in [0.1, 0.15) is 0 Å². The third-order valence-electron chi connectivity index (χ3n) is 3.02. The van der Waals surface area contributed by atoms with Crippen LogP contribution >= 0.6 is 23.1 Å². The van der Waals surface area contributed by atoms with Crippen molar-refractivity contribution in [2.75, 3.05) is 11.9 Å². The number of primary amides is 1. The van der Waals surface area contributed by atoms with Crippen LogP contribution in [0.3, 0.4) is 0 Å². The minimum atomic E-state index is -1.04. The number of nitrogens with zero attached hydrogens (tertiary/aromatic N) is 2. The number of hydrogen-bond acceptors (Lipinski definition) is 7. The molecule has 0 aromatic carbocycles. The summed E-state index contributed by atoms with van der Waals surface area (Å²) < 4.78 is 0. The van der Waals surface area contributed by atoms with Crippen molar-refractivity contribution in [3.05, 3.63) is 10.6 Å². The number of hydrogen-bond donors (Lipinski definition) is 5. The van der Waals surface area contributed by atoms with Crippen LogP contribution in [0.1, 0.15) is 17.0 Å². The van der Waals surface area contributed by atoms with E-state index in [1.165, 1.54) is 11.3 Å². The molecule has 0 aliphatic carbocycles. The number of anilines is 1. The zero-order valence-electron chi connectivity index (χ0n) is 11.5. The van der Waals surface area contributed by atoms with Gasteiger partial charge in [0.2, 0.25) is 5.91 Å². The highest BCUT2D eigenvalue weighted by molar-refractivity contribution is 8.13. The molecule has 9 nitrogen and oxygen atoms in total. The Balaban J connectivity index is 2.11. The normalized spacial score (nSPS) is 15.8. The molecule has 1 aromatic heterocycles. The fourth-order valence-electron chi connectivity index (χ4n) is 2.16. The summed E-state index contributed by atoms with van der Waals surface area (Å²) in [4.78, 5) is 29.3. The lowest BCUT2D eigenvalue weighted by Crippen LogP contribution is -2.40. The van der Waals surface area contributed by atoms with Crippen molar-refractivity contribution in [3.63, 3.8) is 0 Å². The van der Waals surface area contributed by atoms with Crippen LogP contribution in [-0.4, -0.2) is 44.1 Å². The number of aromatic nitrogens is 1. The van der Waals surface area contributed by atoms with Crippen LogP contribution in [0, 0.1) is 5.41 Å². The van der Waals surface area contributed by atoms with Gasteiger partial charge in [-0.15, -0.1) is 11.3 Å². The molecule has 22 heavy (non-hydrogen) atoms. The highest BCUT2D eigenvalue weighted by Gasteiger charge is 2.29. The maximum absolute atomic E-state index is 11.1. The fraction of sp³-hybridized carbons (Fsp3) is 0.455. The third kappa shape index (κ3) is 4.32. The molecule has 1 atom stereocenters. The summed E-state index contributed by atoms with van der Waals surface area (Å²) in [5, 5.41) is 17.8. The van der Waals surface area contributed by atoms with Gasteiger partial charge in [-0.25, -0.2) is 9.78 Å². The monoisotopic (exact) mass is 344 g/mol. The second-order valence-corrected chi connectivity index (χ2v) is 6.87. The van der Waals surface area contributed by atoms with Crippen LogP contribution in [0.4, 0.5) is 9.93 Å². The Labute approximate surface area is 134 Å². The Hall–Kier alpha value is -1.85. The van der Waals surface area contributed by atoms with Gasteiger partial charge < -0.3 is 21.9 Å². The van der Waals surface area contributed by atoms with Crippen LogP contribution in [0.25, 0.3) is 0 Å². The van der Waals surface area contributed by atoms with Crippen LogP contribution in [0.15, 0.2) is 0 Å². The van der Waals surface area contributed by atoms with Crippen molar-refractivity contribution in [1.29, 1.82) is 5.41 Å². The summed E-state index contributed by atoms with van der Waals surface area (Å²) in [5.74, 6) is -0.719. The summed E-state index contributed by atoms with van der Waals surface area (Å²) in [6, 6.07) is 0. The van der Waals surface area contributed by atoms with Gasteiger partial charge in [0.25, 0.3) is 0 Å². The number of rotatable bonds is 5. The molecule has 1 aliphatic heterocycles. The molecule has 11 heteroatoms. The number of thiazole rings is 1. The van der Waals surface area contributed by atoms with Crippen LogP contribution in [0.5, 0.6) is 0 Å². The van der Waals surface area contributed by atoms with E-state index in [1.54, 1.807) is 0 Å². The van der Waals surface area contributed by atoms with E-state index in [0.717, 1.165) is 10.6 Å². The number of thioether (sulfide) groups is 1. The first-order valence-electron chi connectivity index (χ1n) is 6.36. The number of carboxylic acid groups (broad SMARTS) is 1. The van der Waals surface area contributed by atoms with E-state index < -0.39 is 16.6 Å². The zero-order chi connectivity index (χ0) is 16.3. The molecule has 1 amide bonds. The van der Waals surface area contributed by atoms with Crippen LogP contribution in [-0.2, 0) is 17.8 Å². The van der Waals surface area contributed by atoms with Gasteiger partial charge in [0.15, 0.2) is 11.1 Å². The maximum Gasteiger partial charge on any atom is 0.366 e. The lowest BCUT2D eigenvalue weighted by atomic mass is 10.1. The Morgan fingerprint density at radius 3 is 2.86 bits per heavy atom. The summed E-state index contributed by atoms with van der Waals surface area (Å²) in [6.07, 6.45) is 0.616. The SMILES string of the molecule is N=C(N)Nc1nc2c(s1)CN(C(CC(N)=O)SC(=O)O)CC2. The molecule has 0 saturated heterocycles. The van der Waals surface area contributed by atoms with Gasteiger partial charge in [-0.05, 0) is 11.8 Å². The molecule has 1 aliphatic rings. The van der Waals surface area contributed by atoms with Gasteiger partial charge in [0.05, 0.1) is 17.5 Å². The van der Waals surface area contributed by atoms with E-state index >= 15 is 0 Å². The molecular formula is C11H16N6O3S2. The average Bonchev–Trinajstić information content (AvgIpc) is 2.76. The molecule has 2 heterocycles. The molecule has 0 radical (unpaired) electrons. The quantitative estimate of drug-likeness (QED) is 0.379. The molecule has 1 aromatic rings. The summed E-state index contributed by atoms with van der Waals surface area (Å²) in [6.45, 7) is 1.08. The van der Waals surface area contributed by atoms with E-state index in [9.17, 15) is 9.59 Å². The standard InChI is InChI=1S/C11H16N6O3S2/c12-7(18)3-8(22-11(19)20)17-2-1-5-6(4-17)21-10(15-5)16-9(13)14/h8H,1-4H2,(H2,12,18)(H,19,20)(H4,13,14,15,16). The molecule has 0 spiro atoms. The van der Waals surface area contributed by atoms with Gasteiger partial charge in [-0.1, -0.05) is 0 Å². The number of carbonyl (C=O) groups excluding carboxylic acids is 1. The minimum absolute atomic E-state index is 0.0241. The topological polar surface area (TPSA) is 158 Å². The van der Waals surface area contributed by atoms with Crippen molar-refractivity contribution in [1.82, 2.24) is 9.88 Å². The molecule has 120 valence electrons. The maximum atomic E-state index is 11.1. The second-order valence-electron chi connectivity index (χ2n) is 4.66. The Bertz CT molecular complexity index is 589. The van der Waals surface area contributed by atoms with E-state index in [2.05, 4.69) is 10.3 Å². The minimum Gasteiger partial charge on any atom is -0.473 e. The molecular weight excluding hydrogens is 328 g/mol. The first kappa shape index (κ1) is 16.5. The van der Waals surface area contributed by atoms with Crippen LogP contribution in [0.2, 0.25) is 0 Å². The number of nitrogens with two attached hydrogens (primary N) is 2. The molecule has 1 unspecified atom stereocenters. The largest absolute Gasteiger partial charge is 0.473 e. The number of amides is 1. The molecule has 0 fully saturated rings. The first-order chi connectivity index (χ1) is 10.3. The van der Waals surface area contributed by atoms with E-state index in [-0.39, 0.29) is 12.4 Å². The summed E-state index contributed by atoms with van der Waals surface area (Å²) >= 11 is 2.05. The van der Waals surface area contributed by atoms with Gasteiger partial charge in [-0.2, -0.15) is 0 Å². The Morgan fingerprint density at radius 2 is 2.27 bits per heavy atom. The second kappa shape index (κ2) is 6.94. The van der Waals surface area contributed by atoms with Crippen molar-refractivity contribution in [2.24, 2.45) is 11.5 Å². The van der Waals surface area contributed by atoms with Gasteiger partial charge in [0, 0.05) is 24.4 Å². The lowest BCUT2D eigenvalue weighted by molar-refractivity contribution is -0.118. The summed E-state index contributed by atoms with van der Waals surface area (Å²) in [5.41, 5.74) is 11.4. The van der Waals surface area contributed by atoms with E-state index in [1.807, 2.05) is 4.90 Å². The highest BCUT2D eigenvalue weighted by Crippen LogP contribution is 2.32. The third-order valence-corrected chi connectivity index (χ3v) is 4.96. The lowest BCUT2D eigenvalue weighted by Gasteiger charge is -2.31. The first-order valence-corrected chi connectivity index (χ1v) is 8.06. The predicted octanol–water partition coefficient (Wildman–Crippen LogP) is 0.419. The number of guanidine groups is 1. The van der Waals surface area contributed by atoms with Crippen LogP contribution < -0.4 is 16.8 Å². The van der Waals surface area contributed by atoms with Crippen molar-refractivity contribution in [3.8, 4) is 0 Å². The molecule has 0 saturated carbocycles. The van der Waals surface area contributed by atoms with Crippen molar-refractivity contribution >= 4 is 45.4 Å². The highest BCUT2D eigenvalue weighted by atomic mass is 32.2. The van der Waals surface area contributed by atoms with E-state index in [0.29, 0.717) is 36.4 Å². The molecule has 7 N–H and O–H groups in total. The fourth-order valence-corrected chi connectivity index (χ4v) is 4.02. The Kier molecular flexibility index (Phi) is 5.21. The van der Waals surface area contributed by atoms with E-state index in [4.69, 9.17) is 22.0 Å². The summed E-state index contributed by atoms with van der Waals surface area (Å²) in [7, 11) is 0. The smallest absolute Gasteiger partial charge is 0.366 e. The zero-order valence-corrected chi connectivity index (χ0v) is 13.2. The molecule has 0 bridgehead atoms. The number of fused-ring (bicyclic) bond motifs is 1. The Morgan fingerprint density at radius 1 is 1.55 bits per heavy atom. The van der Waals surface area contributed by atoms with Crippen molar-refractivity contribution < 1.29 is 14.7 Å². The van der Waals surface area contributed by atoms with Gasteiger partial charge in [-0.3, -0.25) is 15.1 Å². The number of carbonyl (C=O) groups is 2.